The molecule has 6 rings (SSSR count). The lowest BCUT2D eigenvalue weighted by atomic mass is 10.00. The second-order valence-electron chi connectivity index (χ2n) is 9.70. The van der Waals surface area contributed by atoms with Crippen molar-refractivity contribution in [3.63, 3.8) is 0 Å². The lowest BCUT2D eigenvalue weighted by molar-refractivity contribution is 0.0590. The summed E-state index contributed by atoms with van der Waals surface area (Å²) in [5.41, 5.74) is 8.09. The molecule has 3 aromatic carbocycles. The van der Waals surface area contributed by atoms with Gasteiger partial charge in [-0.05, 0) is 42.5 Å². The first-order valence-corrected chi connectivity index (χ1v) is 12.2. The fourth-order valence-electron chi connectivity index (χ4n) is 5.79. The first-order chi connectivity index (χ1) is 16.6. The smallest absolute Gasteiger partial charge is 0.254 e. The summed E-state index contributed by atoms with van der Waals surface area (Å²) in [5.74, 6) is 0.206. The van der Waals surface area contributed by atoms with Gasteiger partial charge in [-0.15, -0.1) is 0 Å². The Morgan fingerprint density at radius 1 is 0.912 bits per heavy atom. The summed E-state index contributed by atoms with van der Waals surface area (Å²) >= 11 is 0. The van der Waals surface area contributed by atoms with Crippen LogP contribution in [0.3, 0.4) is 0 Å². The lowest BCUT2D eigenvalue weighted by Gasteiger charge is -2.36. The van der Waals surface area contributed by atoms with Crippen molar-refractivity contribution < 1.29 is 4.79 Å². The Morgan fingerprint density at radius 3 is 2.41 bits per heavy atom. The molecule has 0 aliphatic carbocycles. The highest BCUT2D eigenvalue weighted by molar-refractivity contribution is 5.98. The molecule has 4 aromatic rings. The molecule has 0 N–H and O–H groups in total. The Balaban J connectivity index is 1.19. The van der Waals surface area contributed by atoms with Crippen molar-refractivity contribution in [1.29, 1.82) is 0 Å². The Kier molecular flexibility index (Phi) is 5.22. The third kappa shape index (κ3) is 3.51. The van der Waals surface area contributed by atoms with Crippen molar-refractivity contribution in [3.8, 4) is 11.3 Å². The van der Waals surface area contributed by atoms with E-state index in [1.807, 2.05) is 22.9 Å². The second kappa shape index (κ2) is 8.41. The zero-order chi connectivity index (χ0) is 23.2. The van der Waals surface area contributed by atoms with E-state index in [4.69, 9.17) is 5.10 Å². The number of aryl methyl sites for hydroxylation is 2. The van der Waals surface area contributed by atoms with Gasteiger partial charge in [0.1, 0.15) is 5.69 Å². The first-order valence-electron chi connectivity index (χ1n) is 12.2. The third-order valence-corrected chi connectivity index (χ3v) is 7.59. The van der Waals surface area contributed by atoms with E-state index in [1.54, 1.807) is 0 Å². The Morgan fingerprint density at radius 2 is 1.65 bits per heavy atom. The fraction of sp³-hybridized carbons (Fsp3) is 0.310. The molecule has 0 atom stereocenters. The Hall–Kier alpha value is -3.44. The molecule has 1 saturated heterocycles. The molecular weight excluding hydrogens is 420 g/mol. The van der Waals surface area contributed by atoms with Crippen LogP contribution in [0.25, 0.3) is 22.2 Å². The van der Waals surface area contributed by atoms with Gasteiger partial charge in [-0.25, -0.2) is 0 Å². The van der Waals surface area contributed by atoms with Crippen LogP contribution in [-0.4, -0.2) is 44.6 Å². The van der Waals surface area contributed by atoms with Gasteiger partial charge in [0, 0.05) is 55.8 Å². The van der Waals surface area contributed by atoms with Crippen molar-refractivity contribution in [2.75, 3.05) is 13.1 Å². The van der Waals surface area contributed by atoms with Crippen molar-refractivity contribution >= 4 is 16.8 Å². The summed E-state index contributed by atoms with van der Waals surface area (Å²) in [4.78, 5) is 17.5. The highest BCUT2D eigenvalue weighted by atomic mass is 16.2. The van der Waals surface area contributed by atoms with E-state index in [0.29, 0.717) is 6.04 Å². The number of benzene rings is 3. The van der Waals surface area contributed by atoms with Gasteiger partial charge in [0.05, 0.1) is 5.52 Å². The standard InChI is InChI=1S/C29H30N4O/c1-20-8-3-5-11-24(20)27-26-13-7-10-22(28(26)31(2)30-27)18-32-16-14-23(15-17-32)33-19-21-9-4-6-12-25(21)29(33)34/h3-13,23H,14-19H2,1-2H3. The normalized spacial score (nSPS) is 17.0. The van der Waals surface area contributed by atoms with Crippen molar-refractivity contribution in [3.05, 3.63) is 89.0 Å². The minimum Gasteiger partial charge on any atom is -0.331 e. The SMILES string of the molecule is Cc1ccccc1-c1nn(C)c2c(CN3CCC(N4Cc5ccccc5C4=O)CC3)cccc12. The molecule has 34 heavy (non-hydrogen) atoms. The predicted molar refractivity (Wildman–Crippen MR) is 136 cm³/mol. The van der Waals surface area contributed by atoms with Crippen LogP contribution in [0.4, 0.5) is 0 Å². The number of carbonyl (C=O) groups excluding carboxylic acids is 1. The third-order valence-electron chi connectivity index (χ3n) is 7.59. The van der Waals surface area contributed by atoms with E-state index in [2.05, 4.69) is 72.3 Å². The molecule has 1 aromatic heterocycles. The maximum atomic E-state index is 12.9. The van der Waals surface area contributed by atoms with Crippen LogP contribution in [0.15, 0.2) is 66.7 Å². The average Bonchev–Trinajstić information content (AvgIpc) is 3.38. The number of piperidine rings is 1. The van der Waals surface area contributed by atoms with E-state index in [0.717, 1.165) is 50.3 Å². The molecular formula is C29H30N4O. The number of hydrogen-bond acceptors (Lipinski definition) is 3. The minimum absolute atomic E-state index is 0.206. The zero-order valence-electron chi connectivity index (χ0n) is 19.9. The number of likely N-dealkylation sites (tertiary alicyclic amines) is 1. The molecule has 3 heterocycles. The van der Waals surface area contributed by atoms with Gasteiger partial charge in [0.2, 0.25) is 0 Å². The highest BCUT2D eigenvalue weighted by Crippen LogP contribution is 2.33. The summed E-state index contributed by atoms with van der Waals surface area (Å²) in [7, 11) is 2.05. The lowest BCUT2D eigenvalue weighted by Crippen LogP contribution is -2.44. The predicted octanol–water partition coefficient (Wildman–Crippen LogP) is 5.17. The molecule has 1 fully saturated rings. The van der Waals surface area contributed by atoms with Crippen LogP contribution in [0, 0.1) is 6.92 Å². The Labute approximate surface area is 200 Å². The molecule has 5 heteroatoms. The number of para-hydroxylation sites is 1. The van der Waals surface area contributed by atoms with E-state index < -0.39 is 0 Å². The van der Waals surface area contributed by atoms with Gasteiger partial charge < -0.3 is 4.90 Å². The zero-order valence-corrected chi connectivity index (χ0v) is 19.9. The minimum atomic E-state index is 0.206. The van der Waals surface area contributed by atoms with Crippen LogP contribution in [-0.2, 0) is 20.1 Å². The largest absolute Gasteiger partial charge is 0.331 e. The molecule has 0 unspecified atom stereocenters. The van der Waals surface area contributed by atoms with Crippen LogP contribution < -0.4 is 0 Å². The highest BCUT2D eigenvalue weighted by Gasteiger charge is 2.34. The van der Waals surface area contributed by atoms with E-state index in [-0.39, 0.29) is 5.91 Å². The number of carbonyl (C=O) groups is 1. The second-order valence-corrected chi connectivity index (χ2v) is 9.70. The molecule has 0 saturated carbocycles. The number of hydrogen-bond donors (Lipinski definition) is 0. The number of amides is 1. The van der Waals surface area contributed by atoms with Crippen LogP contribution in [0.1, 0.15) is 39.9 Å². The molecule has 172 valence electrons. The van der Waals surface area contributed by atoms with E-state index in [1.165, 1.54) is 33.2 Å². The Bertz CT molecular complexity index is 1380. The molecule has 0 bridgehead atoms. The van der Waals surface area contributed by atoms with Crippen LogP contribution in [0.2, 0.25) is 0 Å². The summed E-state index contributed by atoms with van der Waals surface area (Å²) in [6, 6.07) is 23.4. The van der Waals surface area contributed by atoms with Gasteiger partial charge in [-0.3, -0.25) is 14.4 Å². The van der Waals surface area contributed by atoms with Gasteiger partial charge in [-0.2, -0.15) is 5.10 Å². The van der Waals surface area contributed by atoms with Gasteiger partial charge in [-0.1, -0.05) is 60.7 Å². The van der Waals surface area contributed by atoms with Crippen molar-refractivity contribution in [2.45, 2.75) is 38.9 Å². The van der Waals surface area contributed by atoms with Crippen molar-refractivity contribution in [1.82, 2.24) is 19.6 Å². The first kappa shape index (κ1) is 21.1. The molecule has 1 amide bonds. The molecule has 2 aliphatic heterocycles. The summed E-state index contributed by atoms with van der Waals surface area (Å²) in [6.07, 6.45) is 2.05. The molecule has 5 nitrogen and oxygen atoms in total. The van der Waals surface area contributed by atoms with Gasteiger partial charge in [0.25, 0.3) is 5.91 Å². The van der Waals surface area contributed by atoms with E-state index in [9.17, 15) is 4.79 Å². The van der Waals surface area contributed by atoms with Crippen LogP contribution >= 0.6 is 0 Å². The monoisotopic (exact) mass is 450 g/mol. The number of fused-ring (bicyclic) bond motifs is 2. The number of nitrogens with zero attached hydrogens (tertiary/aromatic N) is 4. The topological polar surface area (TPSA) is 41.4 Å². The average molecular weight is 451 g/mol. The fourth-order valence-corrected chi connectivity index (χ4v) is 5.79. The molecule has 0 spiro atoms. The van der Waals surface area contributed by atoms with Gasteiger partial charge in [0.15, 0.2) is 0 Å². The number of rotatable bonds is 4. The van der Waals surface area contributed by atoms with Gasteiger partial charge >= 0.3 is 0 Å². The summed E-state index contributed by atoms with van der Waals surface area (Å²) in [6.45, 7) is 5.82. The summed E-state index contributed by atoms with van der Waals surface area (Å²) < 4.78 is 2.04. The maximum absolute atomic E-state index is 12.9. The van der Waals surface area contributed by atoms with Crippen LogP contribution in [0.5, 0.6) is 0 Å². The maximum Gasteiger partial charge on any atom is 0.254 e. The van der Waals surface area contributed by atoms with E-state index >= 15 is 0 Å². The van der Waals surface area contributed by atoms with Crippen molar-refractivity contribution in [2.24, 2.45) is 7.05 Å². The molecule has 0 radical (unpaired) electrons. The molecule has 2 aliphatic rings. The summed E-state index contributed by atoms with van der Waals surface area (Å²) in [5, 5.41) is 6.13. The number of aromatic nitrogens is 2. The quantitative estimate of drug-likeness (QED) is 0.431.